The van der Waals surface area contributed by atoms with E-state index in [0.29, 0.717) is 13.1 Å². The fraction of sp³-hybridized carbons (Fsp3) is 0.214. The Hall–Kier alpha value is -1.65. The maximum absolute atomic E-state index is 12.1. The molecule has 94 valence electrons. The second-order valence-electron chi connectivity index (χ2n) is 4.00. The molecule has 2 rings (SSSR count). The van der Waals surface area contributed by atoms with E-state index >= 15 is 0 Å². The molecule has 0 radical (unpaired) electrons. The number of benzene rings is 1. The highest BCUT2D eigenvalue weighted by molar-refractivity contribution is 7.09. The quantitative estimate of drug-likeness (QED) is 0.865. The third kappa shape index (κ3) is 3.18. The van der Waals surface area contributed by atoms with Crippen molar-refractivity contribution in [3.63, 3.8) is 0 Å². The second kappa shape index (κ2) is 6.33. The van der Waals surface area contributed by atoms with E-state index < -0.39 is 0 Å². The highest BCUT2D eigenvalue weighted by atomic mass is 32.1. The molecule has 0 aliphatic carbocycles. The number of carbonyl (C=O) groups is 1. The predicted octanol–water partition coefficient (Wildman–Crippen LogP) is 2.11. The molecule has 1 atom stereocenters. The van der Waals surface area contributed by atoms with Crippen LogP contribution in [0.1, 0.15) is 16.4 Å². The lowest BCUT2D eigenvalue weighted by atomic mass is 9.98. The Kier molecular flexibility index (Phi) is 4.50. The van der Waals surface area contributed by atoms with E-state index in [1.54, 1.807) is 11.3 Å². The van der Waals surface area contributed by atoms with Gasteiger partial charge in [0.2, 0.25) is 5.91 Å². The number of hydrogen-bond donors (Lipinski definition) is 2. The molecule has 1 heterocycles. The average molecular weight is 260 g/mol. The lowest BCUT2D eigenvalue weighted by Crippen LogP contribution is -2.32. The molecular formula is C14H16N2OS. The Morgan fingerprint density at radius 2 is 2.00 bits per heavy atom. The molecule has 4 heteroatoms. The normalized spacial score (nSPS) is 12.1. The van der Waals surface area contributed by atoms with E-state index in [4.69, 9.17) is 5.73 Å². The van der Waals surface area contributed by atoms with Gasteiger partial charge in [0.1, 0.15) is 0 Å². The molecule has 1 unspecified atom stereocenters. The Balaban J connectivity index is 1.98. The van der Waals surface area contributed by atoms with Crippen LogP contribution in [0.15, 0.2) is 47.8 Å². The summed E-state index contributed by atoms with van der Waals surface area (Å²) in [6.45, 7) is 0.889. The zero-order chi connectivity index (χ0) is 12.8. The van der Waals surface area contributed by atoms with Crippen molar-refractivity contribution < 1.29 is 4.79 Å². The van der Waals surface area contributed by atoms with Gasteiger partial charge in [-0.3, -0.25) is 4.79 Å². The Labute approximate surface area is 111 Å². The average Bonchev–Trinajstić information content (AvgIpc) is 2.92. The zero-order valence-corrected chi connectivity index (χ0v) is 10.8. The van der Waals surface area contributed by atoms with Crippen molar-refractivity contribution in [3.05, 3.63) is 58.3 Å². The third-order valence-corrected chi connectivity index (χ3v) is 3.65. The predicted molar refractivity (Wildman–Crippen MR) is 74.4 cm³/mol. The summed E-state index contributed by atoms with van der Waals surface area (Å²) < 4.78 is 0. The van der Waals surface area contributed by atoms with Crippen LogP contribution in [0.2, 0.25) is 0 Å². The van der Waals surface area contributed by atoms with Gasteiger partial charge in [-0.2, -0.15) is 0 Å². The SMILES string of the molecule is NCC(C(=O)NCc1cccs1)c1ccccc1. The van der Waals surface area contributed by atoms with Crippen LogP contribution in [0.25, 0.3) is 0 Å². The van der Waals surface area contributed by atoms with Gasteiger partial charge in [0.05, 0.1) is 12.5 Å². The number of rotatable bonds is 5. The van der Waals surface area contributed by atoms with E-state index in [2.05, 4.69) is 5.32 Å². The van der Waals surface area contributed by atoms with Gasteiger partial charge in [-0.05, 0) is 17.0 Å². The highest BCUT2D eigenvalue weighted by Gasteiger charge is 2.18. The van der Waals surface area contributed by atoms with E-state index in [9.17, 15) is 4.79 Å². The van der Waals surface area contributed by atoms with Crippen LogP contribution in [0.5, 0.6) is 0 Å². The number of thiophene rings is 1. The molecule has 0 aliphatic rings. The summed E-state index contributed by atoms with van der Waals surface area (Å²) in [4.78, 5) is 13.2. The summed E-state index contributed by atoms with van der Waals surface area (Å²) >= 11 is 1.63. The minimum Gasteiger partial charge on any atom is -0.351 e. The van der Waals surface area contributed by atoms with Gasteiger partial charge in [0.25, 0.3) is 0 Å². The smallest absolute Gasteiger partial charge is 0.229 e. The second-order valence-corrected chi connectivity index (χ2v) is 5.03. The molecule has 1 aromatic heterocycles. The molecule has 1 amide bonds. The van der Waals surface area contributed by atoms with Crippen molar-refractivity contribution in [1.29, 1.82) is 0 Å². The molecule has 0 saturated heterocycles. The van der Waals surface area contributed by atoms with E-state index in [0.717, 1.165) is 10.4 Å². The van der Waals surface area contributed by atoms with Gasteiger partial charge >= 0.3 is 0 Å². The van der Waals surface area contributed by atoms with Crippen LogP contribution in [0, 0.1) is 0 Å². The zero-order valence-electron chi connectivity index (χ0n) is 10.0. The van der Waals surface area contributed by atoms with Crippen LogP contribution in [0.4, 0.5) is 0 Å². The van der Waals surface area contributed by atoms with Crippen molar-refractivity contribution in [2.45, 2.75) is 12.5 Å². The Morgan fingerprint density at radius 1 is 1.22 bits per heavy atom. The maximum Gasteiger partial charge on any atom is 0.229 e. The lowest BCUT2D eigenvalue weighted by molar-refractivity contribution is -0.122. The summed E-state index contributed by atoms with van der Waals surface area (Å²) in [5, 5.41) is 4.93. The Morgan fingerprint density at radius 3 is 2.61 bits per heavy atom. The summed E-state index contributed by atoms with van der Waals surface area (Å²) in [6.07, 6.45) is 0. The van der Waals surface area contributed by atoms with Crippen LogP contribution >= 0.6 is 11.3 Å². The van der Waals surface area contributed by atoms with Gasteiger partial charge in [-0.15, -0.1) is 11.3 Å². The highest BCUT2D eigenvalue weighted by Crippen LogP contribution is 2.15. The van der Waals surface area contributed by atoms with Gasteiger partial charge in [0.15, 0.2) is 0 Å². The molecule has 18 heavy (non-hydrogen) atoms. The topological polar surface area (TPSA) is 55.1 Å². The van der Waals surface area contributed by atoms with Gasteiger partial charge in [-0.1, -0.05) is 36.4 Å². The molecule has 0 bridgehead atoms. The fourth-order valence-corrected chi connectivity index (χ4v) is 2.44. The fourth-order valence-electron chi connectivity index (χ4n) is 1.79. The minimum atomic E-state index is -0.272. The molecule has 3 nitrogen and oxygen atoms in total. The molecule has 0 spiro atoms. The van der Waals surface area contributed by atoms with E-state index in [1.807, 2.05) is 47.8 Å². The van der Waals surface area contributed by atoms with Gasteiger partial charge in [-0.25, -0.2) is 0 Å². The lowest BCUT2D eigenvalue weighted by Gasteiger charge is -2.14. The first-order chi connectivity index (χ1) is 8.81. The number of nitrogens with two attached hydrogens (primary N) is 1. The van der Waals surface area contributed by atoms with Gasteiger partial charge < -0.3 is 11.1 Å². The molecule has 1 aromatic carbocycles. The van der Waals surface area contributed by atoms with E-state index in [-0.39, 0.29) is 11.8 Å². The van der Waals surface area contributed by atoms with E-state index in [1.165, 1.54) is 0 Å². The standard InChI is InChI=1S/C14H16N2OS/c15-9-13(11-5-2-1-3-6-11)14(17)16-10-12-7-4-8-18-12/h1-8,13H,9-10,15H2,(H,16,17). The monoisotopic (exact) mass is 260 g/mol. The number of nitrogens with one attached hydrogen (secondary N) is 1. The van der Waals surface area contributed by atoms with Gasteiger partial charge in [0, 0.05) is 11.4 Å². The van der Waals surface area contributed by atoms with Crippen LogP contribution in [0.3, 0.4) is 0 Å². The minimum absolute atomic E-state index is 0.0166. The molecule has 0 saturated carbocycles. The first kappa shape index (κ1) is 12.8. The molecule has 0 aliphatic heterocycles. The maximum atomic E-state index is 12.1. The molecule has 3 N–H and O–H groups in total. The van der Waals surface area contributed by atoms with Crippen molar-refractivity contribution in [2.75, 3.05) is 6.54 Å². The van der Waals surface area contributed by atoms with Crippen LogP contribution in [-0.2, 0) is 11.3 Å². The summed E-state index contributed by atoms with van der Waals surface area (Å²) in [7, 11) is 0. The Bertz CT molecular complexity index is 482. The number of amides is 1. The molecule has 0 fully saturated rings. The first-order valence-corrected chi connectivity index (χ1v) is 6.74. The third-order valence-electron chi connectivity index (χ3n) is 2.77. The van der Waals surface area contributed by atoms with Crippen LogP contribution in [-0.4, -0.2) is 12.5 Å². The van der Waals surface area contributed by atoms with Crippen LogP contribution < -0.4 is 11.1 Å². The van der Waals surface area contributed by atoms with Crippen molar-refractivity contribution in [2.24, 2.45) is 5.73 Å². The number of hydrogen-bond acceptors (Lipinski definition) is 3. The number of carbonyl (C=O) groups excluding carboxylic acids is 1. The summed E-state index contributed by atoms with van der Waals surface area (Å²) in [6, 6.07) is 13.6. The summed E-state index contributed by atoms with van der Waals surface area (Å²) in [5.74, 6) is -0.289. The van der Waals surface area contributed by atoms with Crippen molar-refractivity contribution in [1.82, 2.24) is 5.32 Å². The van der Waals surface area contributed by atoms with Crippen molar-refractivity contribution >= 4 is 17.2 Å². The van der Waals surface area contributed by atoms with Crippen molar-refractivity contribution in [3.8, 4) is 0 Å². The first-order valence-electron chi connectivity index (χ1n) is 5.86. The largest absolute Gasteiger partial charge is 0.351 e. The molecular weight excluding hydrogens is 244 g/mol. The molecule has 2 aromatic rings. The summed E-state index contributed by atoms with van der Waals surface area (Å²) in [5.41, 5.74) is 6.66.